The van der Waals surface area contributed by atoms with E-state index in [-0.39, 0.29) is 5.91 Å². The van der Waals surface area contributed by atoms with Crippen LogP contribution >= 0.6 is 11.3 Å². The molecule has 0 fully saturated rings. The average molecular weight is 399 g/mol. The first-order valence-corrected chi connectivity index (χ1v) is 10.3. The van der Waals surface area contributed by atoms with Gasteiger partial charge >= 0.3 is 0 Å². The van der Waals surface area contributed by atoms with E-state index in [4.69, 9.17) is 4.98 Å². The van der Waals surface area contributed by atoms with Crippen LogP contribution in [0.5, 0.6) is 0 Å². The Balaban J connectivity index is 1.74. The third-order valence-electron chi connectivity index (χ3n) is 4.98. The van der Waals surface area contributed by atoms with Crippen LogP contribution < -0.4 is 5.32 Å². The molecule has 3 nitrogen and oxygen atoms in total. The fourth-order valence-electron chi connectivity index (χ4n) is 3.12. The maximum atomic E-state index is 12.7. The second-order valence-electron chi connectivity index (χ2n) is 7.18. The van der Waals surface area contributed by atoms with Crippen LogP contribution in [0.1, 0.15) is 27.0 Å². The van der Waals surface area contributed by atoms with Crippen molar-refractivity contribution in [3.63, 3.8) is 0 Å². The summed E-state index contributed by atoms with van der Waals surface area (Å²) in [6, 6.07) is 24.1. The monoisotopic (exact) mass is 398 g/mol. The van der Waals surface area contributed by atoms with Gasteiger partial charge in [0, 0.05) is 11.1 Å². The molecule has 0 unspecified atom stereocenters. The number of thiazole rings is 1. The molecule has 1 heterocycles. The van der Waals surface area contributed by atoms with E-state index < -0.39 is 0 Å². The molecule has 1 amide bonds. The second-order valence-corrected chi connectivity index (χ2v) is 8.18. The minimum absolute atomic E-state index is 0.148. The normalized spacial score (nSPS) is 10.7. The van der Waals surface area contributed by atoms with Gasteiger partial charge in [0.25, 0.3) is 5.91 Å². The van der Waals surface area contributed by atoms with Gasteiger partial charge in [-0.15, -0.1) is 0 Å². The van der Waals surface area contributed by atoms with Gasteiger partial charge in [0.15, 0.2) is 5.13 Å². The molecule has 0 aliphatic rings. The van der Waals surface area contributed by atoms with Crippen LogP contribution in [0.2, 0.25) is 0 Å². The zero-order valence-electron chi connectivity index (χ0n) is 16.7. The lowest BCUT2D eigenvalue weighted by atomic mass is 10.0. The van der Waals surface area contributed by atoms with Gasteiger partial charge in [0.1, 0.15) is 0 Å². The summed E-state index contributed by atoms with van der Waals surface area (Å²) in [7, 11) is 0. The molecule has 0 aliphatic heterocycles. The van der Waals surface area contributed by atoms with Crippen molar-refractivity contribution in [2.24, 2.45) is 0 Å². The molecule has 0 saturated heterocycles. The first-order valence-electron chi connectivity index (χ1n) is 9.53. The van der Waals surface area contributed by atoms with Crippen molar-refractivity contribution < 1.29 is 4.79 Å². The first kappa shape index (κ1) is 19.1. The SMILES string of the molecule is Cc1ccc(C(=O)Nc2nc(-c3ccc(C)c(C)c3)c(-c3ccccc3)s2)cc1. The van der Waals surface area contributed by atoms with Crippen LogP contribution in [0.4, 0.5) is 5.13 Å². The van der Waals surface area contributed by atoms with E-state index in [1.54, 1.807) is 0 Å². The molecule has 1 aromatic heterocycles. The fourth-order valence-corrected chi connectivity index (χ4v) is 4.11. The van der Waals surface area contributed by atoms with Crippen LogP contribution in [0, 0.1) is 20.8 Å². The van der Waals surface area contributed by atoms with Crippen molar-refractivity contribution in [3.8, 4) is 21.7 Å². The van der Waals surface area contributed by atoms with Crippen molar-refractivity contribution in [3.05, 3.63) is 95.1 Å². The van der Waals surface area contributed by atoms with Gasteiger partial charge in [-0.2, -0.15) is 0 Å². The summed E-state index contributed by atoms with van der Waals surface area (Å²) in [4.78, 5) is 18.5. The molecule has 4 aromatic rings. The fraction of sp³-hybridized carbons (Fsp3) is 0.120. The zero-order valence-corrected chi connectivity index (χ0v) is 17.5. The Morgan fingerprint density at radius 2 is 1.55 bits per heavy atom. The topological polar surface area (TPSA) is 42.0 Å². The van der Waals surface area contributed by atoms with E-state index in [1.165, 1.54) is 22.5 Å². The van der Waals surface area contributed by atoms with Crippen LogP contribution in [0.25, 0.3) is 21.7 Å². The number of carbonyl (C=O) groups is 1. The molecule has 1 N–H and O–H groups in total. The summed E-state index contributed by atoms with van der Waals surface area (Å²) in [6.45, 7) is 6.21. The molecule has 0 atom stereocenters. The third kappa shape index (κ3) is 4.13. The molecule has 0 spiro atoms. The molecule has 0 radical (unpaired) electrons. The number of nitrogens with zero attached hydrogens (tertiary/aromatic N) is 1. The smallest absolute Gasteiger partial charge is 0.257 e. The van der Waals surface area contributed by atoms with Crippen molar-refractivity contribution in [2.75, 3.05) is 5.32 Å². The number of amides is 1. The molecule has 144 valence electrons. The van der Waals surface area contributed by atoms with Crippen molar-refractivity contribution in [1.29, 1.82) is 0 Å². The van der Waals surface area contributed by atoms with Crippen molar-refractivity contribution >= 4 is 22.4 Å². The number of anilines is 1. The maximum Gasteiger partial charge on any atom is 0.257 e. The Morgan fingerprint density at radius 3 is 2.24 bits per heavy atom. The van der Waals surface area contributed by atoms with Gasteiger partial charge in [-0.1, -0.05) is 71.5 Å². The number of carbonyl (C=O) groups excluding carboxylic acids is 1. The average Bonchev–Trinajstić information content (AvgIpc) is 3.15. The van der Waals surface area contributed by atoms with Gasteiger partial charge in [-0.3, -0.25) is 10.1 Å². The number of aromatic nitrogens is 1. The lowest BCUT2D eigenvalue weighted by Crippen LogP contribution is -2.11. The van der Waals surface area contributed by atoms with Crippen LogP contribution in [0.15, 0.2) is 72.8 Å². The molecule has 4 heteroatoms. The van der Waals surface area contributed by atoms with E-state index >= 15 is 0 Å². The van der Waals surface area contributed by atoms with E-state index in [0.717, 1.165) is 27.3 Å². The summed E-state index contributed by atoms with van der Waals surface area (Å²) in [5, 5.41) is 3.57. The Bertz CT molecular complexity index is 1160. The van der Waals surface area contributed by atoms with Gasteiger partial charge in [0.2, 0.25) is 0 Å². The number of nitrogens with one attached hydrogen (secondary N) is 1. The Labute approximate surface area is 175 Å². The highest BCUT2D eigenvalue weighted by Crippen LogP contribution is 2.39. The largest absolute Gasteiger partial charge is 0.298 e. The van der Waals surface area contributed by atoms with E-state index in [0.29, 0.717) is 10.7 Å². The minimum Gasteiger partial charge on any atom is -0.298 e. The first-order chi connectivity index (χ1) is 14.0. The van der Waals surface area contributed by atoms with Crippen molar-refractivity contribution in [1.82, 2.24) is 4.98 Å². The van der Waals surface area contributed by atoms with Gasteiger partial charge in [0.05, 0.1) is 10.6 Å². The quantitative estimate of drug-likeness (QED) is 0.418. The molecule has 0 aliphatic carbocycles. The highest BCUT2D eigenvalue weighted by atomic mass is 32.1. The highest BCUT2D eigenvalue weighted by molar-refractivity contribution is 7.19. The summed E-state index contributed by atoms with van der Waals surface area (Å²) < 4.78 is 0. The molecular formula is C25H22N2OS. The van der Waals surface area contributed by atoms with Crippen LogP contribution in [0.3, 0.4) is 0 Å². The maximum absolute atomic E-state index is 12.7. The number of benzene rings is 3. The van der Waals surface area contributed by atoms with Gasteiger partial charge in [-0.25, -0.2) is 4.98 Å². The number of hydrogen-bond acceptors (Lipinski definition) is 3. The molecule has 3 aromatic carbocycles. The van der Waals surface area contributed by atoms with E-state index in [1.807, 2.05) is 49.4 Å². The van der Waals surface area contributed by atoms with Crippen LogP contribution in [-0.2, 0) is 0 Å². The van der Waals surface area contributed by atoms with Gasteiger partial charge < -0.3 is 0 Å². The lowest BCUT2D eigenvalue weighted by Gasteiger charge is -2.06. The number of hydrogen-bond donors (Lipinski definition) is 1. The van der Waals surface area contributed by atoms with Crippen LogP contribution in [-0.4, -0.2) is 10.9 Å². The summed E-state index contributed by atoms with van der Waals surface area (Å²) in [5.41, 5.74) is 7.26. The second kappa shape index (κ2) is 8.02. The third-order valence-corrected chi connectivity index (χ3v) is 6.00. The number of rotatable bonds is 4. The standard InChI is InChI=1S/C25H22N2OS/c1-16-9-12-20(13-10-16)24(28)27-25-26-22(21-14-11-17(2)18(3)15-21)23(29-25)19-7-5-4-6-8-19/h4-15H,1-3H3,(H,26,27,28). The highest BCUT2D eigenvalue weighted by Gasteiger charge is 2.17. The predicted octanol–water partition coefficient (Wildman–Crippen LogP) is 6.65. The summed E-state index contributed by atoms with van der Waals surface area (Å²) in [5.74, 6) is -0.148. The van der Waals surface area contributed by atoms with Crippen molar-refractivity contribution in [2.45, 2.75) is 20.8 Å². The number of aryl methyl sites for hydroxylation is 3. The predicted molar refractivity (Wildman–Crippen MR) is 122 cm³/mol. The lowest BCUT2D eigenvalue weighted by molar-refractivity contribution is 0.102. The molecule has 4 rings (SSSR count). The minimum atomic E-state index is -0.148. The molecule has 29 heavy (non-hydrogen) atoms. The Morgan fingerprint density at radius 1 is 0.828 bits per heavy atom. The summed E-state index contributed by atoms with van der Waals surface area (Å²) in [6.07, 6.45) is 0. The Kier molecular flexibility index (Phi) is 5.28. The Hall–Kier alpha value is -3.24. The molecule has 0 bridgehead atoms. The zero-order chi connectivity index (χ0) is 20.4. The van der Waals surface area contributed by atoms with Gasteiger partial charge in [-0.05, 0) is 55.7 Å². The molecular weight excluding hydrogens is 376 g/mol. The van der Waals surface area contributed by atoms with E-state index in [9.17, 15) is 4.79 Å². The van der Waals surface area contributed by atoms with E-state index in [2.05, 4.69) is 49.5 Å². The molecule has 0 saturated carbocycles. The summed E-state index contributed by atoms with van der Waals surface area (Å²) >= 11 is 1.50.